The van der Waals surface area contributed by atoms with Crippen molar-refractivity contribution < 1.29 is 0 Å². The molecule has 2 aromatic heterocycles. The molecular formula is C13H14N4S. The molecule has 0 aliphatic heterocycles. The van der Waals surface area contributed by atoms with Crippen LogP contribution in [0.5, 0.6) is 0 Å². The summed E-state index contributed by atoms with van der Waals surface area (Å²) in [6, 6.07) is 6.00. The van der Waals surface area contributed by atoms with Crippen molar-refractivity contribution in [3.8, 4) is 0 Å². The molecule has 2 N–H and O–H groups in total. The maximum atomic E-state index is 5.76. The van der Waals surface area contributed by atoms with Crippen LogP contribution in [0.2, 0.25) is 0 Å². The second-order valence-electron chi connectivity index (χ2n) is 4.40. The van der Waals surface area contributed by atoms with Crippen molar-refractivity contribution in [1.29, 1.82) is 0 Å². The van der Waals surface area contributed by atoms with Gasteiger partial charge in [-0.3, -0.25) is 0 Å². The Morgan fingerprint density at radius 1 is 1.39 bits per heavy atom. The second-order valence-corrected chi connectivity index (χ2v) is 5.29. The van der Waals surface area contributed by atoms with E-state index in [1.807, 2.05) is 31.5 Å². The molecular weight excluding hydrogens is 244 g/mol. The number of nitrogens with zero attached hydrogens (tertiary/aromatic N) is 3. The number of rotatable bonds is 2. The molecule has 0 bridgehead atoms. The van der Waals surface area contributed by atoms with E-state index in [1.165, 1.54) is 0 Å². The molecule has 3 rings (SSSR count). The highest BCUT2D eigenvalue weighted by Gasteiger charge is 2.14. The normalized spacial score (nSPS) is 13.0. The number of fused-ring (bicyclic) bond motifs is 1. The smallest absolute Gasteiger partial charge is 0.115 e. The Morgan fingerprint density at radius 2 is 2.22 bits per heavy atom. The lowest BCUT2D eigenvalue weighted by molar-refractivity contribution is 0.651. The zero-order chi connectivity index (χ0) is 12.7. The third-order valence-corrected chi connectivity index (χ3v) is 4.14. The molecule has 1 atom stereocenters. The van der Waals surface area contributed by atoms with E-state index in [9.17, 15) is 0 Å². The van der Waals surface area contributed by atoms with Gasteiger partial charge in [0, 0.05) is 16.8 Å². The van der Waals surface area contributed by atoms with Crippen LogP contribution in [-0.2, 0) is 0 Å². The first-order valence-electron chi connectivity index (χ1n) is 5.79. The highest BCUT2D eigenvalue weighted by molar-refractivity contribution is 7.09. The van der Waals surface area contributed by atoms with E-state index in [0.29, 0.717) is 0 Å². The number of nitrogen functional groups attached to an aromatic ring is 1. The Morgan fingerprint density at radius 3 is 2.94 bits per heavy atom. The molecule has 5 heteroatoms. The highest BCUT2D eigenvalue weighted by atomic mass is 32.1. The van der Waals surface area contributed by atoms with E-state index in [1.54, 1.807) is 11.3 Å². The average Bonchev–Trinajstić information content (AvgIpc) is 2.94. The number of aryl methyl sites for hydroxylation is 1. The summed E-state index contributed by atoms with van der Waals surface area (Å²) in [5.74, 6) is 0. The van der Waals surface area contributed by atoms with Crippen LogP contribution in [0.4, 0.5) is 5.69 Å². The van der Waals surface area contributed by atoms with Gasteiger partial charge in [-0.15, -0.1) is 11.3 Å². The van der Waals surface area contributed by atoms with Crippen LogP contribution in [0.1, 0.15) is 23.7 Å². The Labute approximate surface area is 109 Å². The minimum atomic E-state index is 0.192. The number of hydrogen-bond acceptors (Lipinski definition) is 4. The Bertz CT molecular complexity index is 698. The van der Waals surface area contributed by atoms with Gasteiger partial charge < -0.3 is 10.3 Å². The van der Waals surface area contributed by atoms with Crippen LogP contribution >= 0.6 is 11.3 Å². The van der Waals surface area contributed by atoms with Crippen molar-refractivity contribution in [3.63, 3.8) is 0 Å². The largest absolute Gasteiger partial charge is 0.399 e. The molecule has 18 heavy (non-hydrogen) atoms. The maximum absolute atomic E-state index is 5.76. The van der Waals surface area contributed by atoms with Gasteiger partial charge in [0.25, 0.3) is 0 Å². The summed E-state index contributed by atoms with van der Waals surface area (Å²) in [5, 5.41) is 3.17. The molecule has 0 spiro atoms. The van der Waals surface area contributed by atoms with Gasteiger partial charge in [0.2, 0.25) is 0 Å². The van der Waals surface area contributed by atoms with Gasteiger partial charge in [-0.1, -0.05) is 0 Å². The Hall–Kier alpha value is -1.88. The van der Waals surface area contributed by atoms with Crippen molar-refractivity contribution >= 4 is 28.1 Å². The summed E-state index contributed by atoms with van der Waals surface area (Å²) < 4.78 is 2.13. The van der Waals surface area contributed by atoms with Gasteiger partial charge >= 0.3 is 0 Å². The highest BCUT2D eigenvalue weighted by Crippen LogP contribution is 2.26. The Kier molecular flexibility index (Phi) is 2.56. The van der Waals surface area contributed by atoms with Crippen LogP contribution in [0, 0.1) is 6.92 Å². The predicted octanol–water partition coefficient (Wildman–Crippen LogP) is 2.99. The van der Waals surface area contributed by atoms with Gasteiger partial charge in [0.15, 0.2) is 0 Å². The van der Waals surface area contributed by atoms with Gasteiger partial charge in [0.05, 0.1) is 23.4 Å². The number of aromatic nitrogens is 3. The SMILES string of the molecule is Cc1csc(C(C)n2cnc3cc(N)ccc32)n1. The van der Waals surface area contributed by atoms with Crippen LogP contribution in [0.15, 0.2) is 29.9 Å². The van der Waals surface area contributed by atoms with E-state index in [-0.39, 0.29) is 6.04 Å². The molecule has 0 saturated heterocycles. The van der Waals surface area contributed by atoms with E-state index in [4.69, 9.17) is 5.73 Å². The molecule has 3 aromatic rings. The molecule has 0 radical (unpaired) electrons. The molecule has 0 aliphatic rings. The van der Waals surface area contributed by atoms with Gasteiger partial charge in [-0.25, -0.2) is 9.97 Å². The predicted molar refractivity (Wildman–Crippen MR) is 74.8 cm³/mol. The fourth-order valence-corrected chi connectivity index (χ4v) is 2.89. The summed E-state index contributed by atoms with van der Waals surface area (Å²) >= 11 is 1.68. The number of nitrogens with two attached hydrogens (primary N) is 1. The summed E-state index contributed by atoms with van der Waals surface area (Å²) in [7, 11) is 0. The summed E-state index contributed by atoms with van der Waals surface area (Å²) in [5.41, 5.74) is 9.58. The monoisotopic (exact) mass is 258 g/mol. The number of benzene rings is 1. The van der Waals surface area contributed by atoms with E-state index < -0.39 is 0 Å². The zero-order valence-corrected chi connectivity index (χ0v) is 11.1. The van der Waals surface area contributed by atoms with E-state index in [0.717, 1.165) is 27.4 Å². The van der Waals surface area contributed by atoms with Gasteiger partial charge in [0.1, 0.15) is 5.01 Å². The van der Waals surface area contributed by atoms with Crippen molar-refractivity contribution in [2.24, 2.45) is 0 Å². The molecule has 0 saturated carbocycles. The summed E-state index contributed by atoms with van der Waals surface area (Å²) in [6.07, 6.45) is 1.85. The first-order chi connectivity index (χ1) is 8.65. The van der Waals surface area contributed by atoms with E-state index >= 15 is 0 Å². The lowest BCUT2D eigenvalue weighted by atomic mass is 10.2. The maximum Gasteiger partial charge on any atom is 0.115 e. The first-order valence-corrected chi connectivity index (χ1v) is 6.67. The lowest BCUT2D eigenvalue weighted by Gasteiger charge is -2.11. The van der Waals surface area contributed by atoms with Crippen LogP contribution in [0.3, 0.4) is 0 Å². The number of hydrogen-bond donors (Lipinski definition) is 1. The topological polar surface area (TPSA) is 56.7 Å². The van der Waals surface area contributed by atoms with Crippen molar-refractivity contribution in [1.82, 2.24) is 14.5 Å². The zero-order valence-electron chi connectivity index (χ0n) is 10.3. The summed E-state index contributed by atoms with van der Waals surface area (Å²) in [6.45, 7) is 4.15. The number of thiazole rings is 1. The van der Waals surface area contributed by atoms with E-state index in [2.05, 4.69) is 26.8 Å². The standard InChI is InChI=1S/C13H14N4S/c1-8-6-18-13(16-8)9(2)17-7-15-11-5-10(14)3-4-12(11)17/h3-7,9H,14H2,1-2H3. The third kappa shape index (κ3) is 1.76. The molecule has 92 valence electrons. The quantitative estimate of drug-likeness (QED) is 0.719. The first kappa shape index (κ1) is 11.2. The van der Waals surface area contributed by atoms with Crippen LogP contribution in [-0.4, -0.2) is 14.5 Å². The molecule has 4 nitrogen and oxygen atoms in total. The van der Waals surface area contributed by atoms with Crippen LogP contribution < -0.4 is 5.73 Å². The molecule has 1 aromatic carbocycles. The second kappa shape index (κ2) is 4.10. The number of imidazole rings is 1. The summed E-state index contributed by atoms with van der Waals surface area (Å²) in [4.78, 5) is 8.93. The van der Waals surface area contributed by atoms with Crippen molar-refractivity contribution in [3.05, 3.63) is 40.6 Å². The van der Waals surface area contributed by atoms with Gasteiger partial charge in [-0.2, -0.15) is 0 Å². The third-order valence-electron chi connectivity index (χ3n) is 3.01. The fraction of sp³-hybridized carbons (Fsp3) is 0.231. The molecule has 0 amide bonds. The fourth-order valence-electron chi connectivity index (χ4n) is 2.04. The molecule has 0 fully saturated rings. The minimum Gasteiger partial charge on any atom is -0.399 e. The minimum absolute atomic E-state index is 0.192. The molecule has 1 unspecified atom stereocenters. The number of anilines is 1. The molecule has 0 aliphatic carbocycles. The van der Waals surface area contributed by atoms with Crippen molar-refractivity contribution in [2.75, 3.05) is 5.73 Å². The molecule has 2 heterocycles. The van der Waals surface area contributed by atoms with Crippen molar-refractivity contribution in [2.45, 2.75) is 19.9 Å². The average molecular weight is 258 g/mol. The van der Waals surface area contributed by atoms with Gasteiger partial charge in [-0.05, 0) is 32.0 Å². The Balaban J connectivity index is 2.09. The lowest BCUT2D eigenvalue weighted by Crippen LogP contribution is -2.05. The van der Waals surface area contributed by atoms with Crippen LogP contribution in [0.25, 0.3) is 11.0 Å².